The third-order valence-corrected chi connectivity index (χ3v) is 5.89. The number of fused-ring (bicyclic) bond motifs is 1. The van der Waals surface area contributed by atoms with Gasteiger partial charge in [-0.25, -0.2) is 0 Å². The van der Waals surface area contributed by atoms with E-state index >= 15 is 0 Å². The predicted molar refractivity (Wildman–Crippen MR) is 121 cm³/mol. The molecule has 2 N–H and O–H groups in total. The van der Waals surface area contributed by atoms with Crippen molar-refractivity contribution < 1.29 is 18.0 Å². The van der Waals surface area contributed by atoms with Gasteiger partial charge in [0.15, 0.2) is 5.82 Å². The second-order valence-corrected chi connectivity index (χ2v) is 8.44. The molecule has 174 valence electrons. The SMILES string of the molecule is C[C@H](Nc1cccc(-c2nnc3n2CCCCC3)c1)C(=O)Nc1cc(C(F)(F)F)ccc1Cl. The van der Waals surface area contributed by atoms with Crippen molar-refractivity contribution in [3.05, 3.63) is 58.9 Å². The second kappa shape index (κ2) is 9.43. The molecule has 1 atom stereocenters. The highest BCUT2D eigenvalue weighted by atomic mass is 35.5. The summed E-state index contributed by atoms with van der Waals surface area (Å²) in [6.45, 7) is 2.48. The fourth-order valence-corrected chi connectivity index (χ4v) is 3.97. The molecule has 0 saturated heterocycles. The van der Waals surface area contributed by atoms with Crippen LogP contribution in [0.3, 0.4) is 0 Å². The Hall–Kier alpha value is -3.07. The number of hydrogen-bond acceptors (Lipinski definition) is 4. The first-order valence-electron chi connectivity index (χ1n) is 10.7. The lowest BCUT2D eigenvalue weighted by Gasteiger charge is -2.17. The fourth-order valence-electron chi connectivity index (χ4n) is 3.80. The molecule has 0 unspecified atom stereocenters. The van der Waals surface area contributed by atoms with E-state index in [0.717, 1.165) is 67.6 Å². The first-order valence-corrected chi connectivity index (χ1v) is 11.1. The van der Waals surface area contributed by atoms with E-state index in [9.17, 15) is 18.0 Å². The number of carbonyl (C=O) groups excluding carboxylic acids is 1. The number of anilines is 2. The number of alkyl halides is 3. The van der Waals surface area contributed by atoms with Crippen LogP contribution in [0.1, 0.15) is 37.6 Å². The van der Waals surface area contributed by atoms with Gasteiger partial charge in [-0.15, -0.1) is 10.2 Å². The standard InChI is InChI=1S/C23H23ClF3N5O/c1-14(22(33)29-19-13-16(23(25,26)27)9-10-18(19)24)28-17-7-5-6-15(12-17)21-31-30-20-8-3-2-4-11-32(20)21/h5-7,9-10,12-14,28H,2-4,8,11H2,1H3,(H,29,33)/t14-/m0/s1. The molecule has 2 aromatic carbocycles. The number of amides is 1. The summed E-state index contributed by atoms with van der Waals surface area (Å²) in [4.78, 5) is 12.6. The van der Waals surface area contributed by atoms with E-state index in [1.807, 2.05) is 24.3 Å². The molecule has 10 heteroatoms. The van der Waals surface area contributed by atoms with Crippen molar-refractivity contribution in [1.82, 2.24) is 14.8 Å². The van der Waals surface area contributed by atoms with Crippen molar-refractivity contribution in [2.24, 2.45) is 0 Å². The number of nitrogens with one attached hydrogen (secondary N) is 2. The van der Waals surface area contributed by atoms with Crippen LogP contribution in [0.4, 0.5) is 24.5 Å². The lowest BCUT2D eigenvalue weighted by molar-refractivity contribution is -0.137. The predicted octanol–water partition coefficient (Wildman–Crippen LogP) is 5.78. The highest BCUT2D eigenvalue weighted by Gasteiger charge is 2.31. The number of rotatable bonds is 5. The van der Waals surface area contributed by atoms with Crippen LogP contribution in [0.15, 0.2) is 42.5 Å². The molecule has 33 heavy (non-hydrogen) atoms. The van der Waals surface area contributed by atoms with E-state index in [-0.39, 0.29) is 10.7 Å². The van der Waals surface area contributed by atoms with Crippen molar-refractivity contribution in [3.63, 3.8) is 0 Å². The molecule has 0 saturated carbocycles. The van der Waals surface area contributed by atoms with Gasteiger partial charge in [-0.1, -0.05) is 30.2 Å². The fraction of sp³-hybridized carbons (Fsp3) is 0.348. The normalized spacial score (nSPS) is 14.8. The summed E-state index contributed by atoms with van der Waals surface area (Å²) < 4.78 is 41.1. The molecule has 2 heterocycles. The third-order valence-electron chi connectivity index (χ3n) is 5.56. The molecule has 0 aliphatic carbocycles. The monoisotopic (exact) mass is 477 g/mol. The van der Waals surface area contributed by atoms with E-state index in [1.54, 1.807) is 6.92 Å². The van der Waals surface area contributed by atoms with Crippen LogP contribution in [0, 0.1) is 0 Å². The third kappa shape index (κ3) is 5.30. The van der Waals surface area contributed by atoms with E-state index < -0.39 is 23.7 Å². The van der Waals surface area contributed by atoms with Gasteiger partial charge in [-0.05, 0) is 50.1 Å². The molecule has 0 spiro atoms. The van der Waals surface area contributed by atoms with Gasteiger partial charge in [0.25, 0.3) is 0 Å². The van der Waals surface area contributed by atoms with Crippen LogP contribution in [-0.2, 0) is 23.9 Å². The van der Waals surface area contributed by atoms with E-state index in [1.165, 1.54) is 0 Å². The maximum atomic E-state index is 13.0. The minimum atomic E-state index is -4.53. The van der Waals surface area contributed by atoms with Crippen LogP contribution >= 0.6 is 11.6 Å². The van der Waals surface area contributed by atoms with Gasteiger partial charge in [0.05, 0.1) is 16.3 Å². The maximum absolute atomic E-state index is 13.0. The van der Waals surface area contributed by atoms with Crippen molar-refractivity contribution in [2.45, 2.75) is 51.4 Å². The van der Waals surface area contributed by atoms with Gasteiger partial charge < -0.3 is 15.2 Å². The quantitative estimate of drug-likeness (QED) is 0.488. The van der Waals surface area contributed by atoms with E-state index in [4.69, 9.17) is 11.6 Å². The Balaban J connectivity index is 1.48. The summed E-state index contributed by atoms with van der Waals surface area (Å²) >= 11 is 5.99. The van der Waals surface area contributed by atoms with Gasteiger partial charge in [-0.2, -0.15) is 13.2 Å². The van der Waals surface area contributed by atoms with Crippen LogP contribution in [-0.4, -0.2) is 26.7 Å². The minimum absolute atomic E-state index is 0.0260. The molecule has 6 nitrogen and oxygen atoms in total. The summed E-state index contributed by atoms with van der Waals surface area (Å²) in [5.41, 5.74) is 0.568. The summed E-state index contributed by atoms with van der Waals surface area (Å²) in [5.74, 6) is 1.24. The Morgan fingerprint density at radius 3 is 2.73 bits per heavy atom. The summed E-state index contributed by atoms with van der Waals surface area (Å²) in [7, 11) is 0. The lowest BCUT2D eigenvalue weighted by Crippen LogP contribution is -2.32. The zero-order chi connectivity index (χ0) is 23.6. The van der Waals surface area contributed by atoms with Crippen LogP contribution in [0.5, 0.6) is 0 Å². The number of aromatic nitrogens is 3. The average Bonchev–Trinajstić information content (AvgIpc) is 3.03. The van der Waals surface area contributed by atoms with Gasteiger partial charge in [0.2, 0.25) is 5.91 Å². The Kier molecular flexibility index (Phi) is 6.60. The first kappa shape index (κ1) is 23.1. The number of aryl methyl sites for hydroxylation is 1. The first-order chi connectivity index (χ1) is 15.7. The molecule has 0 radical (unpaired) electrons. The average molecular weight is 478 g/mol. The number of carbonyl (C=O) groups is 1. The van der Waals surface area contributed by atoms with Crippen molar-refractivity contribution in [3.8, 4) is 11.4 Å². The van der Waals surface area contributed by atoms with Crippen LogP contribution in [0.25, 0.3) is 11.4 Å². The van der Waals surface area contributed by atoms with Crippen molar-refractivity contribution in [2.75, 3.05) is 10.6 Å². The van der Waals surface area contributed by atoms with E-state index in [0.29, 0.717) is 5.69 Å². The molecule has 0 bridgehead atoms. The molecule has 1 aromatic heterocycles. The summed E-state index contributed by atoms with van der Waals surface area (Å²) in [6.07, 6.45) is -0.297. The minimum Gasteiger partial charge on any atom is -0.374 e. The summed E-state index contributed by atoms with van der Waals surface area (Å²) in [6, 6.07) is 9.55. The topological polar surface area (TPSA) is 71.8 Å². The number of hydrogen-bond donors (Lipinski definition) is 2. The second-order valence-electron chi connectivity index (χ2n) is 8.03. The Bertz CT molecular complexity index is 1160. The summed E-state index contributed by atoms with van der Waals surface area (Å²) in [5, 5.41) is 14.3. The zero-order valence-corrected chi connectivity index (χ0v) is 18.7. The zero-order valence-electron chi connectivity index (χ0n) is 17.9. The largest absolute Gasteiger partial charge is 0.416 e. The smallest absolute Gasteiger partial charge is 0.374 e. The maximum Gasteiger partial charge on any atom is 0.416 e. The van der Waals surface area contributed by atoms with E-state index in [2.05, 4.69) is 25.4 Å². The molecule has 0 fully saturated rings. The molecule has 4 rings (SSSR count). The Morgan fingerprint density at radius 1 is 1.12 bits per heavy atom. The number of halogens is 4. The molecule has 1 aliphatic rings. The lowest BCUT2D eigenvalue weighted by atomic mass is 10.1. The molecular weight excluding hydrogens is 455 g/mol. The highest BCUT2D eigenvalue weighted by molar-refractivity contribution is 6.33. The Labute approximate surface area is 194 Å². The molecule has 3 aromatic rings. The van der Waals surface area contributed by atoms with Gasteiger partial charge in [0.1, 0.15) is 11.9 Å². The highest BCUT2D eigenvalue weighted by Crippen LogP contribution is 2.34. The molecular formula is C23H23ClF3N5O. The van der Waals surface area contributed by atoms with Crippen molar-refractivity contribution in [1.29, 1.82) is 0 Å². The van der Waals surface area contributed by atoms with Gasteiger partial charge in [-0.3, -0.25) is 4.79 Å². The molecule has 1 aliphatic heterocycles. The van der Waals surface area contributed by atoms with Crippen LogP contribution in [0.2, 0.25) is 5.02 Å². The van der Waals surface area contributed by atoms with Gasteiger partial charge in [0, 0.05) is 24.2 Å². The van der Waals surface area contributed by atoms with Crippen molar-refractivity contribution >= 4 is 28.9 Å². The number of nitrogens with zero attached hydrogens (tertiary/aromatic N) is 3. The number of benzene rings is 2. The Morgan fingerprint density at radius 2 is 1.94 bits per heavy atom. The van der Waals surface area contributed by atoms with Gasteiger partial charge >= 0.3 is 6.18 Å². The molecule has 1 amide bonds. The van der Waals surface area contributed by atoms with Crippen LogP contribution < -0.4 is 10.6 Å².